The third kappa shape index (κ3) is 12.0. The molecule has 0 aliphatic carbocycles. The van der Waals surface area contributed by atoms with E-state index in [1.165, 1.54) is 25.3 Å². The molecule has 0 aliphatic rings. The molecule has 0 spiro atoms. The van der Waals surface area contributed by atoms with E-state index in [1.807, 2.05) is 22.6 Å². The Morgan fingerprint density at radius 3 is 2.17 bits per heavy atom. The molecule has 0 radical (unpaired) electrons. The lowest BCUT2D eigenvalue weighted by Gasteiger charge is -2.21. The minimum absolute atomic E-state index is 0.0309. The topological polar surface area (TPSA) is 226 Å². The lowest BCUT2D eigenvalue weighted by molar-refractivity contribution is -0.192. The zero-order chi connectivity index (χ0) is 32.2. The van der Waals surface area contributed by atoms with Crippen molar-refractivity contribution in [2.45, 2.75) is 31.5 Å². The van der Waals surface area contributed by atoms with E-state index in [-0.39, 0.29) is 47.7 Å². The zero-order valence-corrected chi connectivity index (χ0v) is 23.8. The van der Waals surface area contributed by atoms with Crippen LogP contribution < -0.4 is 20.5 Å². The van der Waals surface area contributed by atoms with Gasteiger partial charge in [-0.1, -0.05) is 12.1 Å². The average Bonchev–Trinajstić information content (AvgIpc) is 2.90. The number of amidine groups is 1. The molecule has 13 nitrogen and oxygen atoms in total. The molecule has 17 heteroatoms. The van der Waals surface area contributed by atoms with E-state index in [2.05, 4.69) is 5.32 Å². The first-order valence-electron chi connectivity index (χ1n) is 11.5. The molecule has 2 rings (SSSR count). The normalized spacial score (nSPS) is 11.3. The van der Waals surface area contributed by atoms with Crippen molar-refractivity contribution in [2.24, 2.45) is 5.73 Å². The highest BCUT2D eigenvalue weighted by Crippen LogP contribution is 2.24. The molecule has 0 bridgehead atoms. The SMILES string of the molecule is COc1ccc(I)cc1C(=O)N[C@H](CCC(=O)O)COc1cc(C(=N)N)ccc1CC(=O)C(=O)O.O=C(O)C(F)(F)F. The largest absolute Gasteiger partial charge is 0.496 e. The molecular formula is C25H25F3IN3O10. The van der Waals surface area contributed by atoms with Gasteiger partial charge in [-0.2, -0.15) is 13.2 Å². The van der Waals surface area contributed by atoms with Gasteiger partial charge < -0.3 is 35.8 Å². The van der Waals surface area contributed by atoms with Crippen molar-refractivity contribution in [3.8, 4) is 11.5 Å². The highest BCUT2D eigenvalue weighted by Gasteiger charge is 2.38. The number of nitrogens with two attached hydrogens (primary N) is 1. The van der Waals surface area contributed by atoms with Gasteiger partial charge in [0.05, 0.1) is 18.7 Å². The molecule has 0 aromatic heterocycles. The molecular weight excluding hydrogens is 686 g/mol. The molecule has 0 saturated heterocycles. The lowest BCUT2D eigenvalue weighted by Crippen LogP contribution is -2.39. The van der Waals surface area contributed by atoms with Crippen molar-refractivity contribution in [3.05, 3.63) is 56.7 Å². The summed E-state index contributed by atoms with van der Waals surface area (Å²) in [6.45, 7) is -0.194. The van der Waals surface area contributed by atoms with E-state index in [4.69, 9.17) is 40.7 Å². The molecule has 0 heterocycles. The van der Waals surface area contributed by atoms with Gasteiger partial charge in [0.2, 0.25) is 5.78 Å². The van der Waals surface area contributed by atoms with Crippen LogP contribution in [0.25, 0.3) is 0 Å². The monoisotopic (exact) mass is 711 g/mol. The Bertz CT molecular complexity index is 1350. The van der Waals surface area contributed by atoms with Crippen molar-refractivity contribution >= 4 is 58.0 Å². The zero-order valence-electron chi connectivity index (χ0n) is 21.7. The average molecular weight is 711 g/mol. The van der Waals surface area contributed by atoms with Crippen LogP contribution in [0, 0.1) is 8.98 Å². The van der Waals surface area contributed by atoms with Crippen molar-refractivity contribution in [2.75, 3.05) is 13.7 Å². The van der Waals surface area contributed by atoms with Gasteiger partial charge >= 0.3 is 24.1 Å². The molecule has 0 aliphatic heterocycles. The molecule has 7 N–H and O–H groups in total. The Kier molecular flexibility index (Phi) is 13.7. The number of ketones is 1. The first-order valence-corrected chi connectivity index (χ1v) is 12.6. The first-order chi connectivity index (χ1) is 19.5. The number of alkyl halides is 3. The minimum Gasteiger partial charge on any atom is -0.496 e. The van der Waals surface area contributed by atoms with Gasteiger partial charge in [0, 0.05) is 27.5 Å². The number of methoxy groups -OCH3 is 1. The second-order valence-electron chi connectivity index (χ2n) is 8.20. The number of amides is 1. The molecule has 2 aromatic carbocycles. The number of nitrogen functional groups attached to an aromatic ring is 1. The first kappa shape index (κ1) is 35.6. The summed E-state index contributed by atoms with van der Waals surface area (Å²) in [6.07, 6.45) is -5.77. The van der Waals surface area contributed by atoms with Gasteiger partial charge in [-0.25, -0.2) is 9.59 Å². The van der Waals surface area contributed by atoms with Crippen LogP contribution in [0.5, 0.6) is 11.5 Å². The Morgan fingerprint density at radius 2 is 1.67 bits per heavy atom. The van der Waals surface area contributed by atoms with Crippen LogP contribution in [0.15, 0.2) is 36.4 Å². The number of carbonyl (C=O) groups excluding carboxylic acids is 2. The summed E-state index contributed by atoms with van der Waals surface area (Å²) < 4.78 is 43.5. The van der Waals surface area contributed by atoms with Crippen molar-refractivity contribution in [1.29, 1.82) is 5.41 Å². The number of ether oxygens (including phenoxy) is 2. The Balaban J connectivity index is 0.00000112. The molecule has 42 heavy (non-hydrogen) atoms. The van der Waals surface area contributed by atoms with Crippen LogP contribution in [0.3, 0.4) is 0 Å². The fourth-order valence-electron chi connectivity index (χ4n) is 3.06. The highest BCUT2D eigenvalue weighted by molar-refractivity contribution is 14.1. The molecule has 228 valence electrons. The van der Waals surface area contributed by atoms with Crippen molar-refractivity contribution in [3.63, 3.8) is 0 Å². The number of carboxylic acids is 3. The van der Waals surface area contributed by atoms with Crippen LogP contribution in [0.2, 0.25) is 0 Å². The summed E-state index contributed by atoms with van der Waals surface area (Å²) in [5.74, 6) is -6.84. The minimum atomic E-state index is -5.08. The summed E-state index contributed by atoms with van der Waals surface area (Å²) in [5.41, 5.74) is 6.30. The van der Waals surface area contributed by atoms with Crippen LogP contribution in [-0.4, -0.2) is 76.7 Å². The maximum absolute atomic E-state index is 12.9. The number of hydrogen-bond acceptors (Lipinski definition) is 8. The van der Waals surface area contributed by atoms with E-state index in [9.17, 15) is 32.3 Å². The number of nitrogens with one attached hydrogen (secondary N) is 2. The maximum atomic E-state index is 12.9. The highest BCUT2D eigenvalue weighted by atomic mass is 127. The molecule has 0 saturated carbocycles. The Hall–Kier alpha value is -4.42. The predicted molar refractivity (Wildman–Crippen MR) is 147 cm³/mol. The standard InChI is InChI=1S/C23H24IN3O8.C2HF3O2/c1-34-18-6-4-14(24)10-16(18)22(31)27-15(5-7-20(29)30)11-35-19-9-13(21(25)26)3-2-12(19)8-17(28)23(32)33;3-2(4,5)1(6)7/h2-4,6,9-10,15H,5,7-8,11H2,1H3,(H3,25,26)(H,27,31)(H,29,30)(H,32,33);(H,6,7)/t15-;/m1./s1. The second kappa shape index (κ2) is 16.1. The summed E-state index contributed by atoms with van der Waals surface area (Å²) >= 11 is 2.05. The maximum Gasteiger partial charge on any atom is 0.490 e. The van der Waals surface area contributed by atoms with Gasteiger partial charge in [-0.3, -0.25) is 19.8 Å². The summed E-state index contributed by atoms with van der Waals surface area (Å²) in [5, 5.41) is 35.5. The van der Waals surface area contributed by atoms with Gasteiger partial charge in [0.15, 0.2) is 0 Å². The van der Waals surface area contributed by atoms with Crippen LogP contribution in [0.4, 0.5) is 13.2 Å². The quantitative estimate of drug-likeness (QED) is 0.0766. The number of carbonyl (C=O) groups is 5. The van der Waals surface area contributed by atoms with Gasteiger partial charge in [-0.15, -0.1) is 0 Å². The van der Waals surface area contributed by atoms with E-state index in [0.717, 1.165) is 3.57 Å². The summed E-state index contributed by atoms with van der Waals surface area (Å²) in [7, 11) is 1.42. The van der Waals surface area contributed by atoms with E-state index < -0.39 is 48.2 Å². The number of benzene rings is 2. The van der Waals surface area contributed by atoms with Gasteiger partial charge in [0.25, 0.3) is 5.91 Å². The number of hydrogen-bond donors (Lipinski definition) is 6. The summed E-state index contributed by atoms with van der Waals surface area (Å²) in [6, 6.07) is 8.52. The van der Waals surface area contributed by atoms with E-state index in [1.54, 1.807) is 18.2 Å². The van der Waals surface area contributed by atoms with Crippen LogP contribution in [0.1, 0.15) is 34.3 Å². The third-order valence-electron chi connectivity index (χ3n) is 5.10. The lowest BCUT2D eigenvalue weighted by atomic mass is 10.0. The van der Waals surface area contributed by atoms with Crippen molar-refractivity contribution in [1.82, 2.24) is 5.32 Å². The Labute approximate surface area is 249 Å². The molecule has 0 fully saturated rings. The number of carboxylic acid groups (broad SMARTS) is 3. The molecule has 1 amide bonds. The summed E-state index contributed by atoms with van der Waals surface area (Å²) in [4.78, 5) is 55.7. The number of Topliss-reactive ketones (excluding diaryl/α,β-unsaturated/α-hetero) is 1. The smallest absolute Gasteiger partial charge is 0.490 e. The molecule has 2 aromatic rings. The molecule has 1 atom stereocenters. The number of rotatable bonds is 13. The van der Waals surface area contributed by atoms with E-state index in [0.29, 0.717) is 5.75 Å². The fourth-order valence-corrected chi connectivity index (χ4v) is 3.55. The number of halogens is 4. The fraction of sp³-hybridized carbons (Fsp3) is 0.280. The van der Waals surface area contributed by atoms with Gasteiger partial charge in [-0.05, 0) is 53.3 Å². The number of aliphatic carboxylic acids is 3. The third-order valence-corrected chi connectivity index (χ3v) is 5.77. The molecule has 0 unspecified atom stereocenters. The van der Waals surface area contributed by atoms with Gasteiger partial charge in [0.1, 0.15) is 23.9 Å². The van der Waals surface area contributed by atoms with Crippen molar-refractivity contribution < 1.29 is 61.9 Å². The van der Waals surface area contributed by atoms with E-state index >= 15 is 0 Å². The Morgan fingerprint density at radius 1 is 1.05 bits per heavy atom. The van der Waals surface area contributed by atoms with Crippen LogP contribution >= 0.6 is 22.6 Å². The predicted octanol–water partition coefficient (Wildman–Crippen LogP) is 2.46. The second-order valence-corrected chi connectivity index (χ2v) is 9.45. The van der Waals surface area contributed by atoms with Crippen LogP contribution in [-0.2, 0) is 25.6 Å².